The molecule has 0 amide bonds. The Kier molecular flexibility index (Phi) is 6.51. The number of rotatable bonds is 6. The molecule has 72 valence electrons. The van der Waals surface area contributed by atoms with Gasteiger partial charge < -0.3 is 20.8 Å². The minimum absolute atomic E-state index is 0.512. The molecule has 0 radical (unpaired) electrons. The quantitative estimate of drug-likeness (QED) is 0.431. The van der Waals surface area contributed by atoms with Gasteiger partial charge in [-0.25, -0.2) is 0 Å². The Morgan fingerprint density at radius 1 is 1.00 bits per heavy atom. The lowest BCUT2D eigenvalue weighted by Crippen LogP contribution is -2.26. The molecule has 0 aromatic carbocycles. The molecule has 0 spiro atoms. The van der Waals surface area contributed by atoms with E-state index in [1.807, 2.05) is 13.8 Å². The Morgan fingerprint density at radius 2 is 1.33 bits per heavy atom. The molecule has 0 saturated carbocycles. The molecule has 4 N–H and O–H groups in total. The Labute approximate surface area is 73.3 Å². The van der Waals surface area contributed by atoms with Gasteiger partial charge in [-0.3, -0.25) is 0 Å². The summed E-state index contributed by atoms with van der Waals surface area (Å²) >= 11 is 0. The first-order chi connectivity index (χ1) is 5.70. The molecule has 0 aromatic heterocycles. The molecule has 0 aliphatic heterocycles. The molecule has 2 unspecified atom stereocenters. The van der Waals surface area contributed by atoms with Crippen LogP contribution in [0.15, 0.2) is 12.4 Å². The van der Waals surface area contributed by atoms with Crippen LogP contribution in [-0.2, 0) is 0 Å². The highest BCUT2D eigenvalue weighted by Crippen LogP contribution is 1.84. The molecule has 0 aliphatic carbocycles. The van der Waals surface area contributed by atoms with Crippen molar-refractivity contribution in [3.63, 3.8) is 0 Å². The third-order valence-corrected chi connectivity index (χ3v) is 1.43. The molecule has 0 fully saturated rings. The minimum atomic E-state index is -0.512. The van der Waals surface area contributed by atoms with Gasteiger partial charge in [0.1, 0.15) is 12.5 Å². The van der Waals surface area contributed by atoms with Crippen LogP contribution in [0.25, 0.3) is 0 Å². The van der Waals surface area contributed by atoms with E-state index in [0.717, 1.165) is 0 Å². The van der Waals surface area contributed by atoms with Crippen molar-refractivity contribution in [3.05, 3.63) is 12.4 Å². The summed E-state index contributed by atoms with van der Waals surface area (Å²) in [5.74, 6) is 0. The Balaban J connectivity index is 3.36. The Morgan fingerprint density at radius 3 is 1.58 bits per heavy atom. The largest absolute Gasteiger partial charge is 0.374 e. The molecule has 12 heavy (non-hydrogen) atoms. The van der Waals surface area contributed by atoms with Crippen molar-refractivity contribution in [2.24, 2.45) is 0 Å². The molecule has 4 nitrogen and oxygen atoms in total. The average molecular weight is 174 g/mol. The first kappa shape index (κ1) is 11.3. The van der Waals surface area contributed by atoms with Crippen molar-refractivity contribution < 1.29 is 10.2 Å². The van der Waals surface area contributed by atoms with Crippen molar-refractivity contribution in [2.75, 3.05) is 0 Å². The van der Waals surface area contributed by atoms with Crippen LogP contribution in [-0.4, -0.2) is 22.7 Å². The maximum absolute atomic E-state index is 9.03. The fraction of sp³-hybridized carbons (Fsp3) is 0.750. The smallest absolute Gasteiger partial charge is 0.123 e. The van der Waals surface area contributed by atoms with Gasteiger partial charge in [0.25, 0.3) is 0 Å². The van der Waals surface area contributed by atoms with Crippen LogP contribution in [0.3, 0.4) is 0 Å². The van der Waals surface area contributed by atoms with Crippen molar-refractivity contribution in [2.45, 2.75) is 39.1 Å². The van der Waals surface area contributed by atoms with Gasteiger partial charge in [-0.05, 0) is 12.8 Å². The van der Waals surface area contributed by atoms with Crippen molar-refractivity contribution in [1.29, 1.82) is 0 Å². The summed E-state index contributed by atoms with van der Waals surface area (Å²) in [6.45, 7) is 3.75. The van der Waals surface area contributed by atoms with E-state index >= 15 is 0 Å². The number of aliphatic hydroxyl groups excluding tert-OH is 2. The summed E-state index contributed by atoms with van der Waals surface area (Å²) in [7, 11) is 0. The van der Waals surface area contributed by atoms with Crippen LogP contribution in [0.2, 0.25) is 0 Å². The van der Waals surface area contributed by atoms with Crippen LogP contribution in [0.4, 0.5) is 0 Å². The maximum Gasteiger partial charge on any atom is 0.123 e. The van der Waals surface area contributed by atoms with E-state index in [2.05, 4.69) is 10.6 Å². The second-order valence-electron chi connectivity index (χ2n) is 2.51. The van der Waals surface area contributed by atoms with Gasteiger partial charge in [0, 0.05) is 12.4 Å². The van der Waals surface area contributed by atoms with Crippen LogP contribution in [0, 0.1) is 0 Å². The number of nitrogens with one attached hydrogen (secondary N) is 2. The zero-order valence-corrected chi connectivity index (χ0v) is 7.62. The molecule has 0 heterocycles. The lowest BCUT2D eigenvalue weighted by atomic mass is 10.4. The molecule has 2 atom stereocenters. The molecule has 4 heteroatoms. The van der Waals surface area contributed by atoms with E-state index in [0.29, 0.717) is 12.8 Å². The second-order valence-corrected chi connectivity index (χ2v) is 2.51. The van der Waals surface area contributed by atoms with Gasteiger partial charge in [0.05, 0.1) is 0 Å². The highest BCUT2D eigenvalue weighted by Gasteiger charge is 1.94. The summed E-state index contributed by atoms with van der Waals surface area (Å²) < 4.78 is 0. The number of aliphatic hydroxyl groups is 2. The molecule has 0 saturated heterocycles. The van der Waals surface area contributed by atoms with Crippen LogP contribution < -0.4 is 10.6 Å². The number of hydrogen-bond donors (Lipinski definition) is 4. The van der Waals surface area contributed by atoms with E-state index in [1.54, 1.807) is 12.4 Å². The number of hydrogen-bond acceptors (Lipinski definition) is 4. The second kappa shape index (κ2) is 6.94. The zero-order chi connectivity index (χ0) is 9.40. The van der Waals surface area contributed by atoms with E-state index in [1.165, 1.54) is 0 Å². The topological polar surface area (TPSA) is 64.5 Å². The summed E-state index contributed by atoms with van der Waals surface area (Å²) in [6.07, 6.45) is 3.44. The SMILES string of the molecule is CCC(O)N/C=C/NC(O)CC. The standard InChI is InChI=1S/C8H18N2O2/c1-3-7(11)9-5-6-10-8(12)4-2/h5-12H,3-4H2,1-2H3/b6-5+. The summed E-state index contributed by atoms with van der Waals surface area (Å²) in [5.41, 5.74) is 0. The normalized spacial score (nSPS) is 16.0. The van der Waals surface area contributed by atoms with Crippen LogP contribution in [0.5, 0.6) is 0 Å². The van der Waals surface area contributed by atoms with Crippen molar-refractivity contribution in [3.8, 4) is 0 Å². The summed E-state index contributed by atoms with van der Waals surface area (Å²) in [5, 5.41) is 23.5. The predicted octanol–water partition coefficient (Wildman–Crippen LogP) is 0.0936. The van der Waals surface area contributed by atoms with E-state index in [4.69, 9.17) is 10.2 Å². The third kappa shape index (κ3) is 6.00. The van der Waals surface area contributed by atoms with Gasteiger partial charge in [-0.15, -0.1) is 0 Å². The summed E-state index contributed by atoms with van der Waals surface area (Å²) in [6, 6.07) is 0. The maximum atomic E-state index is 9.03. The minimum Gasteiger partial charge on any atom is -0.374 e. The zero-order valence-electron chi connectivity index (χ0n) is 7.62. The molecular formula is C8H18N2O2. The predicted molar refractivity (Wildman–Crippen MR) is 48.0 cm³/mol. The Bertz CT molecular complexity index is 114. The van der Waals surface area contributed by atoms with Gasteiger partial charge in [-0.1, -0.05) is 13.8 Å². The molecular weight excluding hydrogens is 156 g/mol. The monoisotopic (exact) mass is 174 g/mol. The average Bonchev–Trinajstić information content (AvgIpc) is 2.11. The highest BCUT2D eigenvalue weighted by molar-refractivity contribution is 4.78. The van der Waals surface area contributed by atoms with Gasteiger partial charge in [-0.2, -0.15) is 0 Å². The van der Waals surface area contributed by atoms with E-state index < -0.39 is 12.5 Å². The molecule has 0 aliphatic rings. The van der Waals surface area contributed by atoms with E-state index in [9.17, 15) is 0 Å². The van der Waals surface area contributed by atoms with Gasteiger partial charge >= 0.3 is 0 Å². The lowest BCUT2D eigenvalue weighted by Gasteiger charge is -2.09. The van der Waals surface area contributed by atoms with Crippen molar-refractivity contribution >= 4 is 0 Å². The first-order valence-corrected chi connectivity index (χ1v) is 4.24. The summed E-state index contributed by atoms with van der Waals surface area (Å²) in [4.78, 5) is 0. The first-order valence-electron chi connectivity index (χ1n) is 4.24. The fourth-order valence-electron chi connectivity index (χ4n) is 0.554. The van der Waals surface area contributed by atoms with Crippen molar-refractivity contribution in [1.82, 2.24) is 10.6 Å². The molecule has 0 bridgehead atoms. The van der Waals surface area contributed by atoms with Gasteiger partial charge in [0.2, 0.25) is 0 Å². The highest BCUT2D eigenvalue weighted by atomic mass is 16.3. The van der Waals surface area contributed by atoms with E-state index in [-0.39, 0.29) is 0 Å². The van der Waals surface area contributed by atoms with Crippen LogP contribution in [0.1, 0.15) is 26.7 Å². The Hall–Kier alpha value is -0.740. The molecule has 0 rings (SSSR count). The van der Waals surface area contributed by atoms with Crippen LogP contribution >= 0.6 is 0 Å². The van der Waals surface area contributed by atoms with Gasteiger partial charge in [0.15, 0.2) is 0 Å². The third-order valence-electron chi connectivity index (χ3n) is 1.43. The fourth-order valence-corrected chi connectivity index (χ4v) is 0.554. The lowest BCUT2D eigenvalue weighted by molar-refractivity contribution is 0.143. The molecule has 0 aromatic rings.